The maximum absolute atomic E-state index is 12.4. The second-order valence-electron chi connectivity index (χ2n) is 5.18. The lowest BCUT2D eigenvalue weighted by molar-refractivity contribution is -0.133. The minimum atomic E-state index is -0.370. The molecule has 0 aliphatic carbocycles. The molecule has 1 aliphatic rings. The summed E-state index contributed by atoms with van der Waals surface area (Å²) in [5, 5.41) is 3.49. The van der Waals surface area contributed by atoms with Crippen molar-refractivity contribution in [2.24, 2.45) is 0 Å². The summed E-state index contributed by atoms with van der Waals surface area (Å²) in [7, 11) is 0. The maximum Gasteiger partial charge on any atom is 0.243 e. The molecule has 18 heavy (non-hydrogen) atoms. The van der Waals surface area contributed by atoms with Gasteiger partial charge in [0.2, 0.25) is 5.91 Å². The van der Waals surface area contributed by atoms with Gasteiger partial charge in [0, 0.05) is 19.8 Å². The average molecular weight is 256 g/mol. The second kappa shape index (κ2) is 7.10. The molecule has 1 amide bonds. The monoisotopic (exact) mass is 256 g/mol. The highest BCUT2D eigenvalue weighted by atomic mass is 16.5. The van der Waals surface area contributed by atoms with Gasteiger partial charge in [-0.05, 0) is 33.1 Å². The Balaban J connectivity index is 2.57. The van der Waals surface area contributed by atoms with Crippen LogP contribution in [0, 0.1) is 0 Å². The van der Waals surface area contributed by atoms with Crippen molar-refractivity contribution >= 4 is 5.91 Å². The molecule has 1 saturated heterocycles. The molecule has 1 aliphatic heterocycles. The molecule has 4 nitrogen and oxygen atoms in total. The van der Waals surface area contributed by atoms with E-state index in [0.29, 0.717) is 0 Å². The molecule has 1 rings (SSSR count). The van der Waals surface area contributed by atoms with E-state index in [0.717, 1.165) is 45.4 Å². The van der Waals surface area contributed by atoms with Gasteiger partial charge in [-0.2, -0.15) is 0 Å². The van der Waals surface area contributed by atoms with Gasteiger partial charge in [0.25, 0.3) is 0 Å². The first-order valence-electron chi connectivity index (χ1n) is 7.25. The third-order valence-corrected chi connectivity index (χ3v) is 3.76. The number of rotatable bonds is 8. The lowest BCUT2D eigenvalue weighted by Crippen LogP contribution is -2.43. The quantitative estimate of drug-likeness (QED) is 0.677. The summed E-state index contributed by atoms with van der Waals surface area (Å²) >= 11 is 0. The molecular formula is C14H28N2O2. The van der Waals surface area contributed by atoms with E-state index in [1.807, 2.05) is 18.7 Å². The first-order chi connectivity index (χ1) is 8.59. The van der Waals surface area contributed by atoms with E-state index < -0.39 is 0 Å². The molecule has 4 heteroatoms. The van der Waals surface area contributed by atoms with Gasteiger partial charge in [0.1, 0.15) is 0 Å². The topological polar surface area (TPSA) is 41.6 Å². The Morgan fingerprint density at radius 2 is 2.11 bits per heavy atom. The van der Waals surface area contributed by atoms with E-state index in [2.05, 4.69) is 19.2 Å². The third kappa shape index (κ3) is 3.45. The zero-order valence-corrected chi connectivity index (χ0v) is 12.3. The molecule has 0 aromatic rings. The van der Waals surface area contributed by atoms with E-state index in [1.54, 1.807) is 0 Å². The van der Waals surface area contributed by atoms with Crippen molar-refractivity contribution in [2.75, 3.05) is 19.8 Å². The van der Waals surface area contributed by atoms with Crippen LogP contribution in [0.3, 0.4) is 0 Å². The van der Waals surface area contributed by atoms with Crippen LogP contribution in [-0.4, -0.2) is 42.3 Å². The summed E-state index contributed by atoms with van der Waals surface area (Å²) in [5.74, 6) is 0.250. The highest BCUT2D eigenvalue weighted by Gasteiger charge is 2.45. The van der Waals surface area contributed by atoms with E-state index >= 15 is 0 Å². The average Bonchev–Trinajstić information content (AvgIpc) is 2.60. The zero-order chi connectivity index (χ0) is 13.6. The maximum atomic E-state index is 12.4. The number of carbonyl (C=O) groups is 1. The number of amides is 1. The van der Waals surface area contributed by atoms with E-state index in [1.165, 1.54) is 0 Å². The molecule has 0 saturated carbocycles. The van der Waals surface area contributed by atoms with Crippen molar-refractivity contribution in [3.63, 3.8) is 0 Å². The third-order valence-electron chi connectivity index (χ3n) is 3.76. The number of hydrogen-bond donors (Lipinski definition) is 1. The normalized spacial score (nSPS) is 28.1. The van der Waals surface area contributed by atoms with E-state index in [4.69, 9.17) is 4.74 Å². The molecule has 1 fully saturated rings. The SMILES string of the molecule is CCCC1NC(C)(CC)C(=O)N1CCCOCC. The van der Waals surface area contributed by atoms with Gasteiger partial charge >= 0.3 is 0 Å². The van der Waals surface area contributed by atoms with Crippen molar-refractivity contribution in [1.82, 2.24) is 10.2 Å². The van der Waals surface area contributed by atoms with Gasteiger partial charge in [-0.15, -0.1) is 0 Å². The number of ether oxygens (including phenoxy) is 1. The highest BCUT2D eigenvalue weighted by molar-refractivity contribution is 5.88. The summed E-state index contributed by atoms with van der Waals surface area (Å²) in [6.45, 7) is 10.5. The summed E-state index contributed by atoms with van der Waals surface area (Å²) < 4.78 is 5.34. The smallest absolute Gasteiger partial charge is 0.243 e. The van der Waals surface area contributed by atoms with Crippen LogP contribution in [0.15, 0.2) is 0 Å². The Bertz CT molecular complexity index is 271. The van der Waals surface area contributed by atoms with Crippen molar-refractivity contribution in [3.05, 3.63) is 0 Å². The van der Waals surface area contributed by atoms with E-state index in [-0.39, 0.29) is 17.6 Å². The first-order valence-corrected chi connectivity index (χ1v) is 7.25. The molecule has 0 bridgehead atoms. The molecule has 0 radical (unpaired) electrons. The molecule has 0 aromatic carbocycles. The summed E-state index contributed by atoms with van der Waals surface area (Å²) in [5.41, 5.74) is -0.370. The standard InChI is InChI=1S/C14H28N2O2/c1-5-9-12-15-14(4,6-2)13(17)16(12)10-8-11-18-7-3/h12,15H,5-11H2,1-4H3. The van der Waals surface area contributed by atoms with E-state index in [9.17, 15) is 4.79 Å². The highest BCUT2D eigenvalue weighted by Crippen LogP contribution is 2.25. The van der Waals surface area contributed by atoms with Gasteiger partial charge in [-0.1, -0.05) is 20.3 Å². The predicted octanol–water partition coefficient (Wildman–Crippen LogP) is 2.14. The molecular weight excluding hydrogens is 228 g/mol. The van der Waals surface area contributed by atoms with Crippen LogP contribution >= 0.6 is 0 Å². The number of nitrogens with zero attached hydrogens (tertiary/aromatic N) is 1. The number of hydrogen-bond acceptors (Lipinski definition) is 3. The van der Waals surface area contributed by atoms with Crippen LogP contribution < -0.4 is 5.32 Å². The van der Waals surface area contributed by atoms with Crippen molar-refractivity contribution in [3.8, 4) is 0 Å². The Hall–Kier alpha value is -0.610. The molecule has 2 unspecified atom stereocenters. The van der Waals surface area contributed by atoms with Gasteiger partial charge < -0.3 is 9.64 Å². The molecule has 2 atom stereocenters. The summed E-state index contributed by atoms with van der Waals surface area (Å²) in [6.07, 6.45) is 4.08. The van der Waals surface area contributed by atoms with Crippen LogP contribution in [0.25, 0.3) is 0 Å². The molecule has 1 heterocycles. The van der Waals surface area contributed by atoms with Gasteiger partial charge in [0.15, 0.2) is 0 Å². The fourth-order valence-corrected chi connectivity index (χ4v) is 2.46. The van der Waals surface area contributed by atoms with Crippen LogP contribution in [0.5, 0.6) is 0 Å². The molecule has 1 N–H and O–H groups in total. The van der Waals surface area contributed by atoms with Crippen molar-refractivity contribution in [2.45, 2.75) is 65.1 Å². The van der Waals surface area contributed by atoms with Crippen LogP contribution in [0.2, 0.25) is 0 Å². The van der Waals surface area contributed by atoms with Crippen molar-refractivity contribution < 1.29 is 9.53 Å². The Labute approximate surface area is 111 Å². The molecule has 106 valence electrons. The summed E-state index contributed by atoms with van der Waals surface area (Å²) in [6, 6.07) is 0. The van der Waals surface area contributed by atoms with Crippen molar-refractivity contribution in [1.29, 1.82) is 0 Å². The largest absolute Gasteiger partial charge is 0.382 e. The fraction of sp³-hybridized carbons (Fsp3) is 0.929. The lowest BCUT2D eigenvalue weighted by atomic mass is 9.99. The Morgan fingerprint density at radius 3 is 2.67 bits per heavy atom. The zero-order valence-electron chi connectivity index (χ0n) is 12.3. The Morgan fingerprint density at radius 1 is 1.39 bits per heavy atom. The van der Waals surface area contributed by atoms with Crippen LogP contribution in [0.1, 0.15) is 53.4 Å². The predicted molar refractivity (Wildman–Crippen MR) is 73.4 cm³/mol. The number of nitrogens with one attached hydrogen (secondary N) is 1. The first kappa shape index (κ1) is 15.4. The minimum absolute atomic E-state index is 0.203. The fourth-order valence-electron chi connectivity index (χ4n) is 2.46. The van der Waals surface area contributed by atoms with Gasteiger partial charge in [0.05, 0.1) is 11.7 Å². The second-order valence-corrected chi connectivity index (χ2v) is 5.18. The summed E-state index contributed by atoms with van der Waals surface area (Å²) in [4.78, 5) is 14.4. The van der Waals surface area contributed by atoms with Gasteiger partial charge in [-0.3, -0.25) is 10.1 Å². The molecule has 0 spiro atoms. The minimum Gasteiger partial charge on any atom is -0.382 e. The van der Waals surface area contributed by atoms with Crippen LogP contribution in [-0.2, 0) is 9.53 Å². The molecule has 0 aromatic heterocycles. The van der Waals surface area contributed by atoms with Gasteiger partial charge in [-0.25, -0.2) is 0 Å². The number of carbonyl (C=O) groups excluding carboxylic acids is 1. The van der Waals surface area contributed by atoms with Crippen LogP contribution in [0.4, 0.5) is 0 Å². The lowest BCUT2D eigenvalue weighted by Gasteiger charge is -2.23. The Kier molecular flexibility index (Phi) is 6.09.